The third-order valence-electron chi connectivity index (χ3n) is 3.51. The summed E-state index contributed by atoms with van der Waals surface area (Å²) in [7, 11) is 0. The number of ether oxygens (including phenoxy) is 1. The third-order valence-corrected chi connectivity index (χ3v) is 3.51. The molecule has 1 aromatic rings. The van der Waals surface area contributed by atoms with Gasteiger partial charge in [-0.1, -0.05) is 19.1 Å². The van der Waals surface area contributed by atoms with Crippen molar-refractivity contribution in [3.8, 4) is 5.75 Å². The molecule has 0 radical (unpaired) electrons. The highest BCUT2D eigenvalue weighted by Crippen LogP contribution is 2.20. The van der Waals surface area contributed by atoms with Crippen molar-refractivity contribution in [1.29, 1.82) is 0 Å². The standard InChI is InChI=1S/C16H24N2O2.ClH/c1-3-9-20-15-10-12(2)6-7-13(15)11-18-16(19)14-5-4-8-17-14;/h6-7,10,14,17H,3-5,8-9,11H2,1-2H3,(H,18,19);1H. The van der Waals surface area contributed by atoms with Gasteiger partial charge in [0.25, 0.3) is 0 Å². The van der Waals surface area contributed by atoms with E-state index in [1.807, 2.05) is 25.1 Å². The first kappa shape index (κ1) is 17.8. The highest BCUT2D eigenvalue weighted by atomic mass is 35.5. The van der Waals surface area contributed by atoms with Crippen LogP contribution in [0, 0.1) is 6.92 Å². The van der Waals surface area contributed by atoms with Gasteiger partial charge >= 0.3 is 0 Å². The molecule has 0 aromatic heterocycles. The summed E-state index contributed by atoms with van der Waals surface area (Å²) in [5.41, 5.74) is 2.21. The zero-order valence-corrected chi connectivity index (χ0v) is 13.6. The first-order valence-corrected chi connectivity index (χ1v) is 7.44. The van der Waals surface area contributed by atoms with Crippen LogP contribution in [0.2, 0.25) is 0 Å². The lowest BCUT2D eigenvalue weighted by molar-refractivity contribution is -0.122. The summed E-state index contributed by atoms with van der Waals surface area (Å²) in [6.07, 6.45) is 2.98. The van der Waals surface area contributed by atoms with Gasteiger partial charge in [-0.3, -0.25) is 4.79 Å². The lowest BCUT2D eigenvalue weighted by Gasteiger charge is -2.14. The van der Waals surface area contributed by atoms with Crippen molar-refractivity contribution in [3.63, 3.8) is 0 Å². The van der Waals surface area contributed by atoms with Crippen molar-refractivity contribution in [2.24, 2.45) is 0 Å². The van der Waals surface area contributed by atoms with Gasteiger partial charge in [0.05, 0.1) is 12.6 Å². The summed E-state index contributed by atoms with van der Waals surface area (Å²) in [5, 5.41) is 6.20. The van der Waals surface area contributed by atoms with Crippen LogP contribution >= 0.6 is 12.4 Å². The Bertz CT molecular complexity index is 460. The molecule has 2 N–H and O–H groups in total. The van der Waals surface area contributed by atoms with Crippen LogP contribution in [0.5, 0.6) is 5.75 Å². The van der Waals surface area contributed by atoms with Crippen LogP contribution in [-0.2, 0) is 11.3 Å². The van der Waals surface area contributed by atoms with Gasteiger partial charge in [-0.15, -0.1) is 12.4 Å². The second-order valence-corrected chi connectivity index (χ2v) is 5.33. The van der Waals surface area contributed by atoms with Crippen LogP contribution in [-0.4, -0.2) is 25.1 Å². The van der Waals surface area contributed by atoms with Crippen LogP contribution in [0.15, 0.2) is 18.2 Å². The van der Waals surface area contributed by atoms with Crippen molar-refractivity contribution in [1.82, 2.24) is 10.6 Å². The monoisotopic (exact) mass is 312 g/mol. The van der Waals surface area contributed by atoms with E-state index in [1.165, 1.54) is 5.56 Å². The molecule has 21 heavy (non-hydrogen) atoms. The molecule has 0 saturated carbocycles. The Morgan fingerprint density at radius 2 is 2.29 bits per heavy atom. The van der Waals surface area contributed by atoms with Crippen molar-refractivity contribution in [3.05, 3.63) is 29.3 Å². The van der Waals surface area contributed by atoms with Crippen LogP contribution in [0.25, 0.3) is 0 Å². The van der Waals surface area contributed by atoms with Crippen molar-refractivity contribution < 1.29 is 9.53 Å². The predicted octanol–water partition coefficient (Wildman–Crippen LogP) is 2.57. The molecule has 2 rings (SSSR count). The summed E-state index contributed by atoms with van der Waals surface area (Å²) >= 11 is 0. The maximum absolute atomic E-state index is 12.0. The summed E-state index contributed by atoms with van der Waals surface area (Å²) in [4.78, 5) is 12.0. The molecule has 0 aliphatic carbocycles. The molecule has 1 aliphatic rings. The van der Waals surface area contributed by atoms with E-state index in [9.17, 15) is 4.79 Å². The Labute approximate surface area is 133 Å². The van der Waals surface area contributed by atoms with E-state index < -0.39 is 0 Å². The SMILES string of the molecule is CCCOc1cc(C)ccc1CNC(=O)C1CCCN1.Cl. The summed E-state index contributed by atoms with van der Waals surface area (Å²) in [6.45, 7) is 6.30. The smallest absolute Gasteiger partial charge is 0.237 e. The topological polar surface area (TPSA) is 50.4 Å². The normalized spacial score (nSPS) is 17.1. The summed E-state index contributed by atoms with van der Waals surface area (Å²) in [6, 6.07) is 6.09. The average molecular weight is 313 g/mol. The van der Waals surface area contributed by atoms with Gasteiger partial charge in [-0.25, -0.2) is 0 Å². The molecule has 4 nitrogen and oxygen atoms in total. The van der Waals surface area contributed by atoms with Crippen molar-refractivity contribution in [2.75, 3.05) is 13.2 Å². The molecule has 0 bridgehead atoms. The number of hydrogen-bond donors (Lipinski definition) is 2. The Kier molecular flexibility index (Phi) is 7.54. The minimum atomic E-state index is -0.0274. The quantitative estimate of drug-likeness (QED) is 0.849. The lowest BCUT2D eigenvalue weighted by Crippen LogP contribution is -2.40. The first-order valence-electron chi connectivity index (χ1n) is 7.44. The minimum Gasteiger partial charge on any atom is -0.493 e. The van der Waals surface area contributed by atoms with E-state index in [0.717, 1.165) is 37.1 Å². The number of amides is 1. The number of hydrogen-bond acceptors (Lipinski definition) is 3. The van der Waals surface area contributed by atoms with Crippen LogP contribution in [0.1, 0.15) is 37.3 Å². The number of benzene rings is 1. The second-order valence-electron chi connectivity index (χ2n) is 5.33. The summed E-state index contributed by atoms with van der Waals surface area (Å²) in [5.74, 6) is 0.969. The minimum absolute atomic E-state index is 0. The van der Waals surface area contributed by atoms with Gasteiger partial charge in [0, 0.05) is 12.1 Å². The van der Waals surface area contributed by atoms with Crippen LogP contribution in [0.3, 0.4) is 0 Å². The molecule has 1 unspecified atom stereocenters. The zero-order valence-electron chi connectivity index (χ0n) is 12.8. The number of halogens is 1. The van der Waals surface area contributed by atoms with E-state index >= 15 is 0 Å². The number of carbonyl (C=O) groups excluding carboxylic acids is 1. The van der Waals surface area contributed by atoms with Gasteiger partial charge in [-0.05, 0) is 44.4 Å². The molecule has 1 saturated heterocycles. The van der Waals surface area contributed by atoms with E-state index in [-0.39, 0.29) is 24.4 Å². The maximum atomic E-state index is 12.0. The molecule has 1 heterocycles. The van der Waals surface area contributed by atoms with Gasteiger partial charge in [-0.2, -0.15) is 0 Å². The Morgan fingerprint density at radius 1 is 1.48 bits per heavy atom. The van der Waals surface area contributed by atoms with Gasteiger partial charge in [0.15, 0.2) is 0 Å². The number of aryl methyl sites for hydroxylation is 1. The molecule has 0 spiro atoms. The van der Waals surface area contributed by atoms with Gasteiger partial charge < -0.3 is 15.4 Å². The highest BCUT2D eigenvalue weighted by Gasteiger charge is 2.21. The molecule has 1 atom stereocenters. The molecule has 1 amide bonds. The fourth-order valence-corrected chi connectivity index (χ4v) is 2.37. The number of carbonyl (C=O) groups is 1. The largest absolute Gasteiger partial charge is 0.493 e. The molecule has 1 aliphatic heterocycles. The zero-order chi connectivity index (χ0) is 14.4. The van der Waals surface area contributed by atoms with E-state index in [2.05, 4.69) is 17.6 Å². The molecular weight excluding hydrogens is 288 g/mol. The Balaban J connectivity index is 0.00000220. The Morgan fingerprint density at radius 3 is 2.95 bits per heavy atom. The molecule has 118 valence electrons. The molecule has 5 heteroatoms. The van der Waals surface area contributed by atoms with Crippen molar-refractivity contribution in [2.45, 2.75) is 45.7 Å². The van der Waals surface area contributed by atoms with Crippen LogP contribution in [0.4, 0.5) is 0 Å². The van der Waals surface area contributed by atoms with E-state index in [0.29, 0.717) is 13.2 Å². The van der Waals surface area contributed by atoms with E-state index in [4.69, 9.17) is 4.74 Å². The van der Waals surface area contributed by atoms with Gasteiger partial charge in [0.2, 0.25) is 5.91 Å². The second kappa shape index (κ2) is 8.90. The number of nitrogens with one attached hydrogen (secondary N) is 2. The fraction of sp³-hybridized carbons (Fsp3) is 0.562. The summed E-state index contributed by atoms with van der Waals surface area (Å²) < 4.78 is 5.76. The third kappa shape index (κ3) is 5.21. The van der Waals surface area contributed by atoms with Crippen LogP contribution < -0.4 is 15.4 Å². The molecular formula is C16H25ClN2O2. The van der Waals surface area contributed by atoms with Crippen molar-refractivity contribution >= 4 is 18.3 Å². The molecule has 1 aromatic carbocycles. The highest BCUT2D eigenvalue weighted by molar-refractivity contribution is 5.85. The Hall–Kier alpha value is -1.26. The van der Waals surface area contributed by atoms with Gasteiger partial charge in [0.1, 0.15) is 5.75 Å². The predicted molar refractivity (Wildman–Crippen MR) is 87.1 cm³/mol. The maximum Gasteiger partial charge on any atom is 0.237 e. The number of rotatable bonds is 6. The fourth-order valence-electron chi connectivity index (χ4n) is 2.37. The average Bonchev–Trinajstić information content (AvgIpc) is 2.98. The first-order chi connectivity index (χ1) is 9.70. The van der Waals surface area contributed by atoms with E-state index in [1.54, 1.807) is 0 Å². The lowest BCUT2D eigenvalue weighted by atomic mass is 10.1. The molecule has 1 fully saturated rings.